The van der Waals surface area contributed by atoms with Gasteiger partial charge in [0.1, 0.15) is 12.3 Å². The molecule has 1 amide bonds. The number of ether oxygens (including phenoxy) is 1. The second kappa shape index (κ2) is 7.82. The molecule has 8 nitrogen and oxygen atoms in total. The summed E-state index contributed by atoms with van der Waals surface area (Å²) >= 11 is 0. The number of fused-ring (bicyclic) bond motifs is 2. The number of alkyl halides is 3. The van der Waals surface area contributed by atoms with Crippen LogP contribution in [0.3, 0.4) is 0 Å². The molecule has 3 aromatic rings. The Hall–Kier alpha value is -3.50. The number of carbonyl (C=O) groups is 1. The van der Waals surface area contributed by atoms with Crippen molar-refractivity contribution in [2.45, 2.75) is 37.9 Å². The number of halogens is 3. The van der Waals surface area contributed by atoms with Crippen molar-refractivity contribution in [1.82, 2.24) is 29.9 Å². The minimum absolute atomic E-state index is 0.0916. The molecule has 2 saturated heterocycles. The molecular formula is C22H21F3N6O2. The van der Waals surface area contributed by atoms with Gasteiger partial charge in [0, 0.05) is 24.5 Å². The quantitative estimate of drug-likeness (QED) is 0.582. The van der Waals surface area contributed by atoms with E-state index in [4.69, 9.17) is 4.74 Å². The molecule has 0 N–H and O–H groups in total. The van der Waals surface area contributed by atoms with Gasteiger partial charge >= 0.3 is 6.18 Å². The van der Waals surface area contributed by atoms with Crippen LogP contribution < -0.4 is 4.74 Å². The zero-order valence-corrected chi connectivity index (χ0v) is 17.8. The lowest BCUT2D eigenvalue weighted by molar-refractivity contribution is -0.137. The SMILES string of the molecule is Cc1ccc(-n2nccn2)c(C(=O)N2CCC3CC2(COc2ccc(C(F)(F)F)cn2)C3)n1. The van der Waals surface area contributed by atoms with Crippen molar-refractivity contribution >= 4 is 5.91 Å². The summed E-state index contributed by atoms with van der Waals surface area (Å²) in [6.45, 7) is 2.51. The fourth-order valence-electron chi connectivity index (χ4n) is 4.68. The lowest BCUT2D eigenvalue weighted by atomic mass is 9.63. The lowest BCUT2D eigenvalue weighted by Gasteiger charge is -2.58. The molecule has 6 rings (SSSR count). The molecule has 3 aliphatic rings. The Morgan fingerprint density at radius 1 is 1.18 bits per heavy atom. The molecule has 2 bridgehead atoms. The van der Waals surface area contributed by atoms with E-state index in [0.29, 0.717) is 23.8 Å². The summed E-state index contributed by atoms with van der Waals surface area (Å²) in [7, 11) is 0. The zero-order chi connectivity index (χ0) is 23.2. The number of carbonyl (C=O) groups excluding carboxylic acids is 1. The fourth-order valence-corrected chi connectivity index (χ4v) is 4.68. The van der Waals surface area contributed by atoms with Crippen LogP contribution in [0.1, 0.15) is 41.0 Å². The Morgan fingerprint density at radius 2 is 1.94 bits per heavy atom. The van der Waals surface area contributed by atoms with Crippen LogP contribution in [-0.4, -0.2) is 54.5 Å². The van der Waals surface area contributed by atoms with Gasteiger partial charge in [0.25, 0.3) is 5.91 Å². The van der Waals surface area contributed by atoms with E-state index >= 15 is 0 Å². The normalized spacial score (nSPS) is 22.1. The Bertz CT molecular complexity index is 1160. The van der Waals surface area contributed by atoms with E-state index in [1.165, 1.54) is 23.3 Å². The first-order valence-corrected chi connectivity index (χ1v) is 10.6. The smallest absolute Gasteiger partial charge is 0.417 e. The Balaban J connectivity index is 1.38. The van der Waals surface area contributed by atoms with Gasteiger partial charge in [0.05, 0.1) is 23.5 Å². The van der Waals surface area contributed by atoms with Gasteiger partial charge in [-0.15, -0.1) is 4.80 Å². The molecule has 172 valence electrons. The number of amides is 1. The van der Waals surface area contributed by atoms with E-state index in [0.717, 1.165) is 31.5 Å². The lowest BCUT2D eigenvalue weighted by Crippen LogP contribution is -2.67. The monoisotopic (exact) mass is 458 g/mol. The van der Waals surface area contributed by atoms with E-state index in [2.05, 4.69) is 20.2 Å². The van der Waals surface area contributed by atoms with Crippen molar-refractivity contribution in [2.24, 2.45) is 5.92 Å². The van der Waals surface area contributed by atoms with Crippen LogP contribution in [0.2, 0.25) is 0 Å². The van der Waals surface area contributed by atoms with Crippen LogP contribution in [-0.2, 0) is 6.18 Å². The van der Waals surface area contributed by atoms with Crippen LogP contribution >= 0.6 is 0 Å². The molecule has 0 spiro atoms. The number of nitrogens with zero attached hydrogens (tertiary/aromatic N) is 6. The third-order valence-electron chi connectivity index (χ3n) is 6.32. The maximum absolute atomic E-state index is 13.7. The number of rotatable bonds is 5. The molecule has 11 heteroatoms. The van der Waals surface area contributed by atoms with Gasteiger partial charge in [0.15, 0.2) is 5.69 Å². The van der Waals surface area contributed by atoms with Crippen molar-refractivity contribution in [1.29, 1.82) is 0 Å². The summed E-state index contributed by atoms with van der Waals surface area (Å²) in [4.78, 5) is 25.1. The number of pyridine rings is 2. The molecule has 1 aliphatic carbocycles. The van der Waals surface area contributed by atoms with Crippen LogP contribution in [0.15, 0.2) is 42.9 Å². The Kier molecular flexibility index (Phi) is 5.06. The third kappa shape index (κ3) is 3.91. The molecule has 5 heterocycles. The van der Waals surface area contributed by atoms with E-state index in [9.17, 15) is 18.0 Å². The second-order valence-electron chi connectivity index (χ2n) is 8.55. The van der Waals surface area contributed by atoms with Gasteiger partial charge in [-0.1, -0.05) is 0 Å². The summed E-state index contributed by atoms with van der Waals surface area (Å²) in [5.74, 6) is 0.345. The summed E-state index contributed by atoms with van der Waals surface area (Å²) in [6.07, 6.45) is 1.75. The number of aromatic nitrogens is 5. The van der Waals surface area contributed by atoms with Gasteiger partial charge in [0.2, 0.25) is 5.88 Å². The molecular weight excluding hydrogens is 437 g/mol. The molecule has 0 radical (unpaired) electrons. The van der Waals surface area contributed by atoms with Crippen molar-refractivity contribution in [3.63, 3.8) is 0 Å². The fraction of sp³-hybridized carbons (Fsp3) is 0.409. The second-order valence-corrected chi connectivity index (χ2v) is 8.55. The van der Waals surface area contributed by atoms with Crippen LogP contribution in [0, 0.1) is 12.8 Å². The van der Waals surface area contributed by atoms with Gasteiger partial charge in [-0.3, -0.25) is 4.79 Å². The molecule has 3 fully saturated rings. The highest BCUT2D eigenvalue weighted by atomic mass is 19.4. The number of aryl methyl sites for hydroxylation is 1. The standard InChI is InChI=1S/C22H21F3N6O2/c1-14-2-4-17(31-27-7-8-28-31)19(29-14)20(32)30-9-6-15-10-21(30,11-15)13-33-18-5-3-16(12-26-18)22(23,24)25/h2-5,7-8,12,15H,6,9-11,13H2,1H3. The van der Waals surface area contributed by atoms with Crippen molar-refractivity contribution in [3.8, 4) is 11.6 Å². The minimum Gasteiger partial charge on any atom is -0.475 e. The predicted molar refractivity (Wildman–Crippen MR) is 110 cm³/mol. The largest absolute Gasteiger partial charge is 0.475 e. The number of piperidine rings is 2. The Labute approximate surface area is 187 Å². The summed E-state index contributed by atoms with van der Waals surface area (Å²) in [5, 5.41) is 8.27. The van der Waals surface area contributed by atoms with Crippen LogP contribution in [0.4, 0.5) is 13.2 Å². The highest BCUT2D eigenvalue weighted by molar-refractivity contribution is 5.96. The predicted octanol–water partition coefficient (Wildman–Crippen LogP) is 3.46. The van der Waals surface area contributed by atoms with Gasteiger partial charge < -0.3 is 9.64 Å². The number of hydrogen-bond donors (Lipinski definition) is 0. The van der Waals surface area contributed by atoms with Gasteiger partial charge in [-0.25, -0.2) is 9.97 Å². The average molecular weight is 458 g/mol. The molecule has 0 aromatic carbocycles. The summed E-state index contributed by atoms with van der Waals surface area (Å²) in [6, 6.07) is 5.69. The first-order chi connectivity index (χ1) is 15.7. The first kappa shape index (κ1) is 21.4. The molecule has 0 atom stereocenters. The van der Waals surface area contributed by atoms with Crippen molar-refractivity contribution in [3.05, 3.63) is 59.8 Å². The van der Waals surface area contributed by atoms with Crippen molar-refractivity contribution < 1.29 is 22.7 Å². The van der Waals surface area contributed by atoms with E-state index in [1.54, 1.807) is 17.0 Å². The maximum atomic E-state index is 13.7. The summed E-state index contributed by atoms with van der Waals surface area (Å²) in [5.41, 5.74) is 0.0412. The van der Waals surface area contributed by atoms with Crippen LogP contribution in [0.5, 0.6) is 5.88 Å². The Morgan fingerprint density at radius 3 is 2.61 bits per heavy atom. The molecule has 33 heavy (non-hydrogen) atoms. The molecule has 0 unspecified atom stereocenters. The van der Waals surface area contributed by atoms with Gasteiger partial charge in [-0.2, -0.15) is 23.4 Å². The maximum Gasteiger partial charge on any atom is 0.417 e. The number of hydrogen-bond acceptors (Lipinski definition) is 6. The van der Waals surface area contributed by atoms with E-state index in [-0.39, 0.29) is 24.1 Å². The molecule has 1 saturated carbocycles. The van der Waals surface area contributed by atoms with E-state index < -0.39 is 17.3 Å². The van der Waals surface area contributed by atoms with E-state index in [1.807, 2.05) is 6.92 Å². The van der Waals surface area contributed by atoms with Gasteiger partial charge in [-0.05, 0) is 50.3 Å². The topological polar surface area (TPSA) is 86.0 Å². The minimum atomic E-state index is -4.46. The van der Waals surface area contributed by atoms with Crippen molar-refractivity contribution in [2.75, 3.05) is 13.2 Å². The first-order valence-electron chi connectivity index (χ1n) is 10.6. The highest BCUT2D eigenvalue weighted by Crippen LogP contribution is 2.49. The third-order valence-corrected chi connectivity index (χ3v) is 6.32. The highest BCUT2D eigenvalue weighted by Gasteiger charge is 2.55. The summed E-state index contributed by atoms with van der Waals surface area (Å²) < 4.78 is 44.1. The zero-order valence-electron chi connectivity index (χ0n) is 17.8. The van der Waals surface area contributed by atoms with Crippen LogP contribution in [0.25, 0.3) is 5.69 Å². The molecule has 3 aromatic heterocycles. The average Bonchev–Trinajstić information content (AvgIpc) is 3.31. The molecule has 2 aliphatic heterocycles.